The van der Waals surface area contributed by atoms with Gasteiger partial charge in [-0.2, -0.15) is 4.31 Å². The van der Waals surface area contributed by atoms with E-state index in [0.717, 1.165) is 35.8 Å². The van der Waals surface area contributed by atoms with Crippen LogP contribution in [0.15, 0.2) is 64.0 Å². The average Bonchev–Trinajstić information content (AvgIpc) is 3.24. The highest BCUT2D eigenvalue weighted by molar-refractivity contribution is 9.10. The van der Waals surface area contributed by atoms with Crippen molar-refractivity contribution in [2.75, 3.05) is 19.6 Å². The highest BCUT2D eigenvalue weighted by Crippen LogP contribution is 2.35. The van der Waals surface area contributed by atoms with Crippen molar-refractivity contribution in [3.05, 3.63) is 64.6 Å². The summed E-state index contributed by atoms with van der Waals surface area (Å²) in [6, 6.07) is 16.7. The topological polar surface area (TPSA) is 57.7 Å². The van der Waals surface area contributed by atoms with Gasteiger partial charge in [-0.05, 0) is 55.5 Å². The predicted molar refractivity (Wildman–Crippen MR) is 116 cm³/mol. The Hall–Kier alpha value is -1.70. The molecule has 2 atom stereocenters. The number of halogens is 1. The van der Waals surface area contributed by atoms with E-state index < -0.39 is 10.0 Å². The van der Waals surface area contributed by atoms with Crippen molar-refractivity contribution in [3.63, 3.8) is 0 Å². The molecular formula is C22H25BrN2O3S. The molecule has 0 saturated carbocycles. The number of carbonyl (C=O) groups is 1. The van der Waals surface area contributed by atoms with Gasteiger partial charge in [-0.1, -0.05) is 46.3 Å². The summed E-state index contributed by atoms with van der Waals surface area (Å²) < 4.78 is 28.5. The van der Waals surface area contributed by atoms with E-state index in [0.29, 0.717) is 17.9 Å². The Morgan fingerprint density at radius 1 is 0.966 bits per heavy atom. The highest BCUT2D eigenvalue weighted by Gasteiger charge is 2.38. The van der Waals surface area contributed by atoms with Crippen molar-refractivity contribution in [1.82, 2.24) is 9.21 Å². The summed E-state index contributed by atoms with van der Waals surface area (Å²) in [5.74, 6) is -0.199. The summed E-state index contributed by atoms with van der Waals surface area (Å²) in [5.41, 5.74) is 1.13. The molecule has 29 heavy (non-hydrogen) atoms. The maximum Gasteiger partial charge on any atom is 0.243 e. The third kappa shape index (κ3) is 4.27. The van der Waals surface area contributed by atoms with E-state index in [1.54, 1.807) is 30.3 Å². The van der Waals surface area contributed by atoms with Crippen LogP contribution in [0.4, 0.5) is 0 Å². The summed E-state index contributed by atoms with van der Waals surface area (Å²) in [7, 11) is -3.57. The molecule has 2 aliphatic rings. The van der Waals surface area contributed by atoms with E-state index in [2.05, 4.69) is 28.1 Å². The van der Waals surface area contributed by atoms with Crippen LogP contribution >= 0.6 is 15.9 Å². The first-order valence-corrected chi connectivity index (χ1v) is 12.3. The van der Waals surface area contributed by atoms with Crippen molar-refractivity contribution in [2.24, 2.45) is 5.92 Å². The van der Waals surface area contributed by atoms with E-state index in [-0.39, 0.29) is 24.4 Å². The summed E-state index contributed by atoms with van der Waals surface area (Å²) in [4.78, 5) is 15.6. The van der Waals surface area contributed by atoms with Crippen molar-refractivity contribution in [2.45, 2.75) is 36.6 Å². The van der Waals surface area contributed by atoms with E-state index >= 15 is 0 Å². The van der Waals surface area contributed by atoms with Gasteiger partial charge in [-0.3, -0.25) is 4.79 Å². The maximum atomic E-state index is 13.4. The average molecular weight is 477 g/mol. The molecule has 0 spiro atoms. The molecule has 0 radical (unpaired) electrons. The Morgan fingerprint density at radius 3 is 2.48 bits per heavy atom. The van der Waals surface area contributed by atoms with Gasteiger partial charge in [0.2, 0.25) is 15.9 Å². The molecule has 2 aliphatic heterocycles. The highest BCUT2D eigenvalue weighted by atomic mass is 79.9. The number of carbonyl (C=O) groups excluding carboxylic acids is 1. The molecule has 1 amide bonds. The monoisotopic (exact) mass is 476 g/mol. The third-order valence-electron chi connectivity index (χ3n) is 5.88. The van der Waals surface area contributed by atoms with Gasteiger partial charge >= 0.3 is 0 Å². The Morgan fingerprint density at radius 2 is 1.72 bits per heavy atom. The molecule has 2 fully saturated rings. The molecule has 0 bridgehead atoms. The number of sulfonamides is 1. The van der Waals surface area contributed by atoms with Crippen LogP contribution in [-0.4, -0.2) is 43.2 Å². The quantitative estimate of drug-likeness (QED) is 0.663. The first kappa shape index (κ1) is 20.6. The van der Waals surface area contributed by atoms with Gasteiger partial charge in [0.15, 0.2) is 0 Å². The lowest BCUT2D eigenvalue weighted by molar-refractivity contribution is -0.137. The Balaban J connectivity index is 1.51. The fourth-order valence-corrected chi connectivity index (χ4v) is 6.39. The molecule has 2 aromatic rings. The second-order valence-electron chi connectivity index (χ2n) is 7.76. The molecule has 2 aromatic carbocycles. The number of benzene rings is 2. The van der Waals surface area contributed by atoms with Gasteiger partial charge in [0.1, 0.15) is 0 Å². The number of hydrogen-bond donors (Lipinski definition) is 0. The first-order valence-electron chi connectivity index (χ1n) is 10.1. The van der Waals surface area contributed by atoms with Gasteiger partial charge in [0, 0.05) is 24.1 Å². The van der Waals surface area contributed by atoms with E-state index in [4.69, 9.17) is 0 Å². The zero-order valence-corrected chi connectivity index (χ0v) is 18.6. The van der Waals surface area contributed by atoms with Crippen molar-refractivity contribution in [1.29, 1.82) is 0 Å². The van der Waals surface area contributed by atoms with Crippen LogP contribution in [-0.2, 0) is 14.8 Å². The minimum atomic E-state index is -3.57. The molecule has 0 N–H and O–H groups in total. The summed E-state index contributed by atoms with van der Waals surface area (Å²) in [6.07, 6.45) is 3.36. The Kier molecular flexibility index (Phi) is 6.08. The largest absolute Gasteiger partial charge is 0.335 e. The van der Waals surface area contributed by atoms with Crippen LogP contribution in [0.25, 0.3) is 0 Å². The lowest BCUT2D eigenvalue weighted by Crippen LogP contribution is -2.46. The normalized spacial score (nSPS) is 23.3. The molecule has 4 rings (SSSR count). The third-order valence-corrected chi connectivity index (χ3v) is 8.26. The number of amides is 1. The smallest absolute Gasteiger partial charge is 0.243 e. The van der Waals surface area contributed by atoms with Gasteiger partial charge in [0.25, 0.3) is 0 Å². The van der Waals surface area contributed by atoms with Crippen LogP contribution in [0.5, 0.6) is 0 Å². The molecule has 7 heteroatoms. The van der Waals surface area contributed by atoms with Crippen molar-refractivity contribution in [3.8, 4) is 0 Å². The summed E-state index contributed by atoms with van der Waals surface area (Å²) >= 11 is 3.52. The van der Waals surface area contributed by atoms with E-state index in [9.17, 15) is 13.2 Å². The molecule has 5 nitrogen and oxygen atoms in total. The first-order chi connectivity index (χ1) is 14.0. The molecule has 2 heterocycles. The molecule has 2 saturated heterocycles. The standard InChI is InChI=1S/C22H25BrN2O3S/c23-19-9-4-7-17(15-19)21-12-6-14-25(21)22(26)18-8-5-13-24(16-18)29(27,28)20-10-2-1-3-11-20/h1-4,7,9-11,15,18,21H,5-6,8,12-14,16H2. The summed E-state index contributed by atoms with van der Waals surface area (Å²) in [6.45, 7) is 1.46. The van der Waals surface area contributed by atoms with Gasteiger partial charge in [-0.25, -0.2) is 8.42 Å². The van der Waals surface area contributed by atoms with Gasteiger partial charge in [0.05, 0.1) is 16.9 Å². The van der Waals surface area contributed by atoms with Crippen LogP contribution in [0.2, 0.25) is 0 Å². The van der Waals surface area contributed by atoms with Crippen LogP contribution in [0, 0.1) is 5.92 Å². The zero-order valence-electron chi connectivity index (χ0n) is 16.2. The number of piperidine rings is 1. The minimum Gasteiger partial charge on any atom is -0.335 e. The molecule has 0 aliphatic carbocycles. The minimum absolute atomic E-state index is 0.0705. The van der Waals surface area contributed by atoms with E-state index in [1.807, 2.05) is 17.0 Å². The number of nitrogens with zero attached hydrogens (tertiary/aromatic N) is 2. The second kappa shape index (κ2) is 8.58. The second-order valence-corrected chi connectivity index (χ2v) is 10.6. The molecular weight excluding hydrogens is 452 g/mol. The Labute approximate surface area is 180 Å². The van der Waals surface area contributed by atoms with Crippen LogP contribution < -0.4 is 0 Å². The fraction of sp³-hybridized carbons (Fsp3) is 0.409. The molecule has 154 valence electrons. The Bertz CT molecular complexity index is 981. The summed E-state index contributed by atoms with van der Waals surface area (Å²) in [5, 5.41) is 0. The predicted octanol–water partition coefficient (Wildman–Crippen LogP) is 4.21. The lowest BCUT2D eigenvalue weighted by Gasteiger charge is -2.35. The van der Waals surface area contributed by atoms with Crippen LogP contribution in [0.3, 0.4) is 0 Å². The fourth-order valence-electron chi connectivity index (χ4n) is 4.43. The van der Waals surface area contributed by atoms with Gasteiger partial charge in [-0.15, -0.1) is 0 Å². The molecule has 0 aromatic heterocycles. The SMILES string of the molecule is O=C(C1CCCN(S(=O)(=O)c2ccccc2)C1)N1CCCC1c1cccc(Br)c1. The lowest BCUT2D eigenvalue weighted by atomic mass is 9.96. The number of hydrogen-bond acceptors (Lipinski definition) is 3. The van der Waals surface area contributed by atoms with Crippen molar-refractivity contribution >= 4 is 31.9 Å². The number of likely N-dealkylation sites (tertiary alicyclic amines) is 1. The van der Waals surface area contributed by atoms with Crippen LogP contribution in [0.1, 0.15) is 37.3 Å². The van der Waals surface area contributed by atoms with Gasteiger partial charge < -0.3 is 4.90 Å². The maximum absolute atomic E-state index is 13.4. The molecule has 2 unspecified atom stereocenters. The number of rotatable bonds is 4. The van der Waals surface area contributed by atoms with Crippen molar-refractivity contribution < 1.29 is 13.2 Å². The van der Waals surface area contributed by atoms with E-state index in [1.165, 1.54) is 4.31 Å². The zero-order chi connectivity index (χ0) is 20.4.